The molecule has 0 aliphatic heterocycles. The lowest BCUT2D eigenvalue weighted by atomic mass is 9.74. The first-order chi connectivity index (χ1) is 8.86. The summed E-state index contributed by atoms with van der Waals surface area (Å²) in [6, 6.07) is 5.15. The van der Waals surface area contributed by atoms with Crippen LogP contribution in [0, 0.1) is 32.1 Å². The Balaban J connectivity index is 2.43. The van der Waals surface area contributed by atoms with Crippen LogP contribution in [0.2, 0.25) is 0 Å². The van der Waals surface area contributed by atoms with Gasteiger partial charge in [0.25, 0.3) is 0 Å². The molecule has 0 amide bonds. The summed E-state index contributed by atoms with van der Waals surface area (Å²) in [6.07, 6.45) is 4.09. The normalized spacial score (nSPS) is 23.6. The highest BCUT2D eigenvalue weighted by atomic mass is 14.9. The van der Waals surface area contributed by atoms with E-state index in [-0.39, 0.29) is 0 Å². The number of hydrogen-bond donors (Lipinski definition) is 1. The average Bonchev–Trinajstić information content (AvgIpc) is 2.63. The van der Waals surface area contributed by atoms with Crippen molar-refractivity contribution < 1.29 is 0 Å². The summed E-state index contributed by atoms with van der Waals surface area (Å²) in [4.78, 5) is 0. The van der Waals surface area contributed by atoms with Gasteiger partial charge in [0.15, 0.2) is 0 Å². The van der Waals surface area contributed by atoms with Gasteiger partial charge in [-0.3, -0.25) is 0 Å². The Hall–Kier alpha value is -0.820. The molecule has 1 fully saturated rings. The van der Waals surface area contributed by atoms with Crippen molar-refractivity contribution in [3.05, 3.63) is 34.4 Å². The maximum absolute atomic E-state index is 3.62. The van der Waals surface area contributed by atoms with Crippen molar-refractivity contribution in [3.63, 3.8) is 0 Å². The van der Waals surface area contributed by atoms with Crippen LogP contribution in [0.4, 0.5) is 0 Å². The Bertz CT molecular complexity index is 436. The van der Waals surface area contributed by atoms with E-state index < -0.39 is 0 Å². The number of benzene rings is 1. The fourth-order valence-electron chi connectivity index (χ4n) is 4.20. The minimum atomic E-state index is 0.456. The molecular formula is C18H29N. The van der Waals surface area contributed by atoms with Gasteiger partial charge in [-0.2, -0.15) is 0 Å². The standard InChI is InChI=1S/C18H29N/c1-12-10-13(2)16(14(3)11-12)17(19-6)15-8-7-9-18(15,4)5/h10-11,15,17,19H,7-9H2,1-6H3. The Morgan fingerprint density at radius 1 is 1.16 bits per heavy atom. The van der Waals surface area contributed by atoms with Crippen molar-refractivity contribution in [2.75, 3.05) is 7.05 Å². The number of aryl methyl sites for hydroxylation is 3. The second-order valence-electron chi connectivity index (χ2n) is 7.07. The van der Waals surface area contributed by atoms with Crippen LogP contribution in [-0.4, -0.2) is 7.05 Å². The summed E-state index contributed by atoms with van der Waals surface area (Å²) in [7, 11) is 2.12. The minimum Gasteiger partial charge on any atom is -0.313 e. The molecule has 1 saturated carbocycles. The van der Waals surface area contributed by atoms with Gasteiger partial charge in [-0.05, 0) is 68.7 Å². The molecule has 19 heavy (non-hydrogen) atoms. The van der Waals surface area contributed by atoms with Crippen LogP contribution < -0.4 is 5.32 Å². The quantitative estimate of drug-likeness (QED) is 0.829. The molecule has 1 nitrogen and oxygen atoms in total. The largest absolute Gasteiger partial charge is 0.313 e. The fourth-order valence-corrected chi connectivity index (χ4v) is 4.20. The molecule has 1 aliphatic rings. The van der Waals surface area contributed by atoms with Crippen LogP contribution in [0.1, 0.15) is 61.4 Å². The van der Waals surface area contributed by atoms with Gasteiger partial charge in [0, 0.05) is 6.04 Å². The predicted octanol–water partition coefficient (Wildman–Crippen LogP) is 4.70. The van der Waals surface area contributed by atoms with Gasteiger partial charge in [-0.25, -0.2) is 0 Å². The minimum absolute atomic E-state index is 0.456. The summed E-state index contributed by atoms with van der Waals surface area (Å²) >= 11 is 0. The highest BCUT2D eigenvalue weighted by Gasteiger charge is 2.40. The van der Waals surface area contributed by atoms with Crippen molar-refractivity contribution in [3.8, 4) is 0 Å². The maximum atomic E-state index is 3.62. The molecule has 1 aromatic carbocycles. The van der Waals surface area contributed by atoms with Crippen LogP contribution in [0.3, 0.4) is 0 Å². The predicted molar refractivity (Wildman–Crippen MR) is 83.6 cm³/mol. The molecule has 0 radical (unpaired) electrons. The summed E-state index contributed by atoms with van der Waals surface area (Å²) in [6.45, 7) is 11.6. The molecule has 1 heteroatoms. The van der Waals surface area contributed by atoms with Crippen LogP contribution in [0.5, 0.6) is 0 Å². The molecule has 0 aromatic heterocycles. The second-order valence-corrected chi connectivity index (χ2v) is 7.07. The van der Waals surface area contributed by atoms with E-state index in [0.29, 0.717) is 11.5 Å². The molecule has 2 rings (SSSR count). The van der Waals surface area contributed by atoms with Gasteiger partial charge in [0.05, 0.1) is 0 Å². The molecule has 1 aromatic rings. The highest BCUT2D eigenvalue weighted by Crippen LogP contribution is 2.49. The third-order valence-corrected chi connectivity index (χ3v) is 5.10. The Morgan fingerprint density at radius 3 is 2.16 bits per heavy atom. The van der Waals surface area contributed by atoms with Crippen molar-refractivity contribution >= 4 is 0 Å². The van der Waals surface area contributed by atoms with E-state index in [2.05, 4.69) is 59.1 Å². The van der Waals surface area contributed by atoms with Crippen molar-refractivity contribution in [2.24, 2.45) is 11.3 Å². The first-order valence-corrected chi connectivity index (χ1v) is 7.62. The van der Waals surface area contributed by atoms with Gasteiger partial charge in [-0.15, -0.1) is 0 Å². The van der Waals surface area contributed by atoms with E-state index in [4.69, 9.17) is 0 Å². The lowest BCUT2D eigenvalue weighted by Crippen LogP contribution is -2.33. The van der Waals surface area contributed by atoms with Crippen LogP contribution >= 0.6 is 0 Å². The number of nitrogens with one attached hydrogen (secondary N) is 1. The third-order valence-electron chi connectivity index (χ3n) is 5.10. The third kappa shape index (κ3) is 2.72. The average molecular weight is 259 g/mol. The van der Waals surface area contributed by atoms with Gasteiger partial charge in [0.1, 0.15) is 0 Å². The molecule has 1 aliphatic carbocycles. The molecule has 1 N–H and O–H groups in total. The lowest BCUT2D eigenvalue weighted by Gasteiger charge is -2.36. The SMILES string of the molecule is CNC(c1c(C)cc(C)cc1C)C1CCCC1(C)C. The monoisotopic (exact) mass is 259 g/mol. The molecule has 0 spiro atoms. The van der Waals surface area contributed by atoms with Gasteiger partial charge >= 0.3 is 0 Å². The van der Waals surface area contributed by atoms with Gasteiger partial charge < -0.3 is 5.32 Å². The molecule has 0 saturated heterocycles. The van der Waals surface area contributed by atoms with E-state index in [1.54, 1.807) is 0 Å². The molecule has 106 valence electrons. The van der Waals surface area contributed by atoms with E-state index in [1.807, 2.05) is 0 Å². The summed E-state index contributed by atoms with van der Waals surface area (Å²) in [5.41, 5.74) is 6.25. The number of rotatable bonds is 3. The highest BCUT2D eigenvalue weighted by molar-refractivity contribution is 5.40. The molecule has 0 heterocycles. The van der Waals surface area contributed by atoms with Crippen LogP contribution in [0.15, 0.2) is 12.1 Å². The van der Waals surface area contributed by atoms with Crippen molar-refractivity contribution in [2.45, 2.75) is 59.9 Å². The Morgan fingerprint density at radius 2 is 1.74 bits per heavy atom. The fraction of sp³-hybridized carbons (Fsp3) is 0.667. The Kier molecular flexibility index (Phi) is 4.06. The molecular weight excluding hydrogens is 230 g/mol. The second kappa shape index (κ2) is 5.28. The zero-order chi connectivity index (χ0) is 14.2. The van der Waals surface area contributed by atoms with Gasteiger partial charge in [-0.1, -0.05) is 38.0 Å². The van der Waals surface area contributed by atoms with E-state index in [9.17, 15) is 0 Å². The van der Waals surface area contributed by atoms with Crippen molar-refractivity contribution in [1.82, 2.24) is 5.32 Å². The first kappa shape index (κ1) is 14.6. The smallest absolute Gasteiger partial charge is 0.0356 e. The zero-order valence-electron chi connectivity index (χ0n) is 13.4. The van der Waals surface area contributed by atoms with Crippen LogP contribution in [0.25, 0.3) is 0 Å². The summed E-state index contributed by atoms with van der Waals surface area (Å²) in [5, 5.41) is 3.62. The summed E-state index contributed by atoms with van der Waals surface area (Å²) < 4.78 is 0. The zero-order valence-corrected chi connectivity index (χ0v) is 13.4. The Labute approximate surface area is 118 Å². The lowest BCUT2D eigenvalue weighted by molar-refractivity contribution is 0.203. The van der Waals surface area contributed by atoms with E-state index in [1.165, 1.54) is 41.5 Å². The van der Waals surface area contributed by atoms with Crippen LogP contribution in [-0.2, 0) is 0 Å². The van der Waals surface area contributed by atoms with Crippen molar-refractivity contribution in [1.29, 1.82) is 0 Å². The first-order valence-electron chi connectivity index (χ1n) is 7.62. The van der Waals surface area contributed by atoms with E-state index in [0.717, 1.165) is 5.92 Å². The summed E-state index contributed by atoms with van der Waals surface area (Å²) in [5.74, 6) is 0.748. The molecule has 2 unspecified atom stereocenters. The number of hydrogen-bond acceptors (Lipinski definition) is 1. The molecule has 2 atom stereocenters. The topological polar surface area (TPSA) is 12.0 Å². The maximum Gasteiger partial charge on any atom is 0.0356 e. The van der Waals surface area contributed by atoms with E-state index >= 15 is 0 Å². The van der Waals surface area contributed by atoms with Gasteiger partial charge in [0.2, 0.25) is 0 Å². The molecule has 0 bridgehead atoms.